The largest absolute Gasteiger partial charge is 0.488 e. The van der Waals surface area contributed by atoms with Gasteiger partial charge in [-0.15, -0.1) is 0 Å². The van der Waals surface area contributed by atoms with Gasteiger partial charge in [-0.2, -0.15) is 4.98 Å². The number of nitrogens with one attached hydrogen (secondary N) is 1. The second kappa shape index (κ2) is 10.3. The number of hydrogen-bond acceptors (Lipinski definition) is 6. The summed E-state index contributed by atoms with van der Waals surface area (Å²) < 4.78 is 25.7. The lowest BCUT2D eigenvalue weighted by molar-refractivity contribution is -0.00230. The molecule has 0 aliphatic heterocycles. The molecule has 0 bridgehead atoms. The van der Waals surface area contributed by atoms with Crippen molar-refractivity contribution in [2.24, 2.45) is 0 Å². The molecule has 4 aromatic rings. The summed E-state index contributed by atoms with van der Waals surface area (Å²) in [5, 5.41) is 14.5. The standard InChI is InChI=1S/C27H24ClFN2O4/c1-15(2)34-23-13-12-19(14-22(23)29)30-26-24(25(33)17-8-10-18(28)11-9-17)20-6-4-5-7-21(20)27(31-26)35-16(3)32/h4-16,32H,1-3H3,(H,30,31). The number of carbonyl (C=O) groups is 1. The van der Waals surface area contributed by atoms with Crippen LogP contribution in [-0.4, -0.2) is 28.3 Å². The summed E-state index contributed by atoms with van der Waals surface area (Å²) in [6.45, 7) is 5.07. The number of carbonyl (C=O) groups excluding carboxylic acids is 1. The van der Waals surface area contributed by atoms with E-state index in [9.17, 15) is 14.3 Å². The Hall–Kier alpha value is -3.68. The van der Waals surface area contributed by atoms with Crippen LogP contribution >= 0.6 is 11.6 Å². The Balaban J connectivity index is 1.87. The maximum atomic E-state index is 14.7. The highest BCUT2D eigenvalue weighted by atomic mass is 35.5. The summed E-state index contributed by atoms with van der Waals surface area (Å²) in [4.78, 5) is 18.2. The maximum absolute atomic E-state index is 14.7. The van der Waals surface area contributed by atoms with E-state index in [4.69, 9.17) is 21.1 Å². The second-order valence-electron chi connectivity index (χ2n) is 8.18. The van der Waals surface area contributed by atoms with Gasteiger partial charge in [0.15, 0.2) is 23.6 Å². The molecule has 0 radical (unpaired) electrons. The van der Waals surface area contributed by atoms with Gasteiger partial charge >= 0.3 is 0 Å². The first kappa shape index (κ1) is 24.4. The van der Waals surface area contributed by atoms with Crippen LogP contribution in [0.3, 0.4) is 0 Å². The SMILES string of the molecule is CC(C)Oc1ccc(Nc2nc(OC(C)O)c3ccccc3c2C(=O)c2ccc(Cl)cc2)cc1F. The van der Waals surface area contributed by atoms with Gasteiger partial charge in [0.05, 0.1) is 11.7 Å². The molecule has 0 amide bonds. The molecule has 1 heterocycles. The third-order valence-electron chi connectivity index (χ3n) is 5.05. The molecule has 35 heavy (non-hydrogen) atoms. The van der Waals surface area contributed by atoms with Crippen LogP contribution in [0.4, 0.5) is 15.9 Å². The van der Waals surface area contributed by atoms with E-state index >= 15 is 0 Å². The van der Waals surface area contributed by atoms with E-state index in [0.29, 0.717) is 27.0 Å². The number of pyridine rings is 1. The number of fused-ring (bicyclic) bond motifs is 1. The monoisotopic (exact) mass is 494 g/mol. The molecule has 3 aromatic carbocycles. The maximum Gasteiger partial charge on any atom is 0.225 e. The van der Waals surface area contributed by atoms with Crippen LogP contribution in [0.25, 0.3) is 10.8 Å². The van der Waals surface area contributed by atoms with Gasteiger partial charge in [-0.3, -0.25) is 4.79 Å². The van der Waals surface area contributed by atoms with Crippen molar-refractivity contribution in [3.63, 3.8) is 0 Å². The Morgan fingerprint density at radius 1 is 1.00 bits per heavy atom. The fraction of sp³-hybridized carbons (Fsp3) is 0.185. The average Bonchev–Trinajstić information content (AvgIpc) is 2.80. The minimum atomic E-state index is -1.14. The molecule has 1 aromatic heterocycles. The Morgan fingerprint density at radius 3 is 2.31 bits per heavy atom. The molecule has 8 heteroatoms. The molecule has 0 saturated carbocycles. The molecule has 0 aliphatic carbocycles. The number of ether oxygens (including phenoxy) is 2. The summed E-state index contributed by atoms with van der Waals surface area (Å²) in [6.07, 6.45) is -1.32. The number of aliphatic hydroxyl groups excluding tert-OH is 1. The predicted octanol–water partition coefficient (Wildman–Crippen LogP) is 6.51. The van der Waals surface area contributed by atoms with Crippen LogP contribution in [0, 0.1) is 5.82 Å². The molecular formula is C27H24ClFN2O4. The third-order valence-corrected chi connectivity index (χ3v) is 5.30. The predicted molar refractivity (Wildman–Crippen MR) is 134 cm³/mol. The molecule has 1 atom stereocenters. The van der Waals surface area contributed by atoms with Crippen LogP contribution in [0.15, 0.2) is 66.7 Å². The van der Waals surface area contributed by atoms with Gasteiger partial charge in [0.2, 0.25) is 5.88 Å². The van der Waals surface area contributed by atoms with Crippen molar-refractivity contribution in [2.45, 2.75) is 33.2 Å². The van der Waals surface area contributed by atoms with Crippen molar-refractivity contribution in [3.05, 3.63) is 88.7 Å². The second-order valence-corrected chi connectivity index (χ2v) is 8.61. The van der Waals surface area contributed by atoms with Crippen molar-refractivity contribution in [2.75, 3.05) is 5.32 Å². The smallest absolute Gasteiger partial charge is 0.225 e. The summed E-state index contributed by atoms with van der Waals surface area (Å²) in [7, 11) is 0. The molecule has 6 nitrogen and oxygen atoms in total. The lowest BCUT2D eigenvalue weighted by Crippen LogP contribution is -2.14. The first-order valence-corrected chi connectivity index (χ1v) is 11.4. The highest BCUT2D eigenvalue weighted by Gasteiger charge is 2.23. The van der Waals surface area contributed by atoms with Crippen molar-refractivity contribution in [1.29, 1.82) is 0 Å². The summed E-state index contributed by atoms with van der Waals surface area (Å²) >= 11 is 6.00. The number of benzene rings is 3. The van der Waals surface area contributed by atoms with E-state index in [-0.39, 0.29) is 34.9 Å². The molecule has 180 valence electrons. The van der Waals surface area contributed by atoms with Gasteiger partial charge in [-0.05, 0) is 63.2 Å². The third kappa shape index (κ3) is 5.53. The number of hydrogen-bond donors (Lipinski definition) is 2. The van der Waals surface area contributed by atoms with Crippen molar-refractivity contribution < 1.29 is 23.8 Å². The zero-order valence-electron chi connectivity index (χ0n) is 19.4. The van der Waals surface area contributed by atoms with Crippen LogP contribution in [0.5, 0.6) is 11.6 Å². The fourth-order valence-electron chi connectivity index (χ4n) is 3.61. The summed E-state index contributed by atoms with van der Waals surface area (Å²) in [6, 6.07) is 18.0. The van der Waals surface area contributed by atoms with E-state index in [0.717, 1.165) is 0 Å². The first-order valence-electron chi connectivity index (χ1n) is 11.0. The number of anilines is 2. The van der Waals surface area contributed by atoms with Gasteiger partial charge in [-0.1, -0.05) is 29.8 Å². The molecule has 0 aliphatic rings. The molecule has 4 rings (SSSR count). The van der Waals surface area contributed by atoms with Crippen LogP contribution < -0.4 is 14.8 Å². The summed E-state index contributed by atoms with van der Waals surface area (Å²) in [5.41, 5.74) is 1.03. The zero-order valence-corrected chi connectivity index (χ0v) is 20.1. The molecule has 2 N–H and O–H groups in total. The quantitative estimate of drug-likeness (QED) is 0.215. The Kier molecular flexibility index (Phi) is 7.19. The lowest BCUT2D eigenvalue weighted by Gasteiger charge is -2.18. The summed E-state index contributed by atoms with van der Waals surface area (Å²) in [5.74, 6) is -0.470. The van der Waals surface area contributed by atoms with Crippen molar-refractivity contribution in [1.82, 2.24) is 4.98 Å². The van der Waals surface area contributed by atoms with Gasteiger partial charge in [0.25, 0.3) is 0 Å². The van der Waals surface area contributed by atoms with E-state index in [1.807, 2.05) is 13.8 Å². The number of nitrogens with zero attached hydrogens (tertiary/aromatic N) is 1. The fourth-order valence-corrected chi connectivity index (χ4v) is 3.74. The van der Waals surface area contributed by atoms with Crippen LogP contribution in [0.2, 0.25) is 5.02 Å². The molecule has 0 fully saturated rings. The molecular weight excluding hydrogens is 471 g/mol. The Bertz CT molecular complexity index is 1370. The van der Waals surface area contributed by atoms with Gasteiger partial charge < -0.3 is 19.9 Å². The van der Waals surface area contributed by atoms with E-state index in [2.05, 4.69) is 10.3 Å². The van der Waals surface area contributed by atoms with Gasteiger partial charge in [-0.25, -0.2) is 4.39 Å². The zero-order chi connectivity index (χ0) is 25.1. The minimum Gasteiger partial charge on any atom is -0.488 e. The number of aliphatic hydroxyl groups is 1. The highest BCUT2D eigenvalue weighted by Crippen LogP contribution is 2.35. The van der Waals surface area contributed by atoms with Gasteiger partial charge in [0, 0.05) is 33.1 Å². The first-order chi connectivity index (χ1) is 16.7. The topological polar surface area (TPSA) is 80.7 Å². The van der Waals surface area contributed by atoms with Crippen molar-refractivity contribution >= 4 is 39.7 Å². The minimum absolute atomic E-state index is 0.118. The number of aromatic nitrogens is 1. The Labute approximate surface area is 207 Å². The van der Waals surface area contributed by atoms with Crippen LogP contribution in [-0.2, 0) is 0 Å². The number of rotatable bonds is 8. The molecule has 0 spiro atoms. The van der Waals surface area contributed by atoms with Gasteiger partial charge in [0.1, 0.15) is 5.82 Å². The van der Waals surface area contributed by atoms with E-state index < -0.39 is 12.1 Å². The van der Waals surface area contributed by atoms with E-state index in [1.54, 1.807) is 54.6 Å². The van der Waals surface area contributed by atoms with E-state index in [1.165, 1.54) is 19.1 Å². The highest BCUT2D eigenvalue weighted by molar-refractivity contribution is 6.30. The van der Waals surface area contributed by atoms with Crippen molar-refractivity contribution in [3.8, 4) is 11.6 Å². The lowest BCUT2D eigenvalue weighted by atomic mass is 9.98. The number of ketones is 1. The van der Waals surface area contributed by atoms with Crippen LogP contribution in [0.1, 0.15) is 36.7 Å². The molecule has 1 unspecified atom stereocenters. The normalized spacial score (nSPS) is 12.0. The number of halogens is 2. The Morgan fingerprint density at radius 2 is 1.69 bits per heavy atom. The molecule has 0 saturated heterocycles. The average molecular weight is 495 g/mol.